The Kier molecular flexibility index (Phi) is 4.27. The Labute approximate surface area is 119 Å². The van der Waals surface area contributed by atoms with Gasteiger partial charge in [0.25, 0.3) is 0 Å². The van der Waals surface area contributed by atoms with Crippen LogP contribution in [-0.4, -0.2) is 3.42 Å². The fourth-order valence-electron chi connectivity index (χ4n) is 1.52. The van der Waals surface area contributed by atoms with E-state index in [1.54, 1.807) is 0 Å². The van der Waals surface area contributed by atoms with Gasteiger partial charge in [-0.1, -0.05) is 0 Å². The Morgan fingerprint density at radius 1 is 0.778 bits per heavy atom. The molecule has 2 heteroatoms. The summed E-state index contributed by atoms with van der Waals surface area (Å²) in [7, 11) is 0. The van der Waals surface area contributed by atoms with Crippen molar-refractivity contribution in [2.75, 3.05) is 0 Å². The van der Waals surface area contributed by atoms with E-state index in [9.17, 15) is 0 Å². The Bertz CT molecular complexity index is 483. The fraction of sp³-hybridized carbons (Fsp3) is 0.250. The van der Waals surface area contributed by atoms with E-state index in [2.05, 4.69) is 45.0 Å². The summed E-state index contributed by atoms with van der Waals surface area (Å²) in [4.78, 5) is 0. The van der Waals surface area contributed by atoms with E-state index in [1.807, 2.05) is 30.3 Å². The second kappa shape index (κ2) is 5.74. The average molecular weight is 353 g/mol. The summed E-state index contributed by atoms with van der Waals surface area (Å²) in [6.07, 6.45) is 0. The standard InChI is InChI=1S/C16H18IO/c1-16(2,3)17-13-9-11-15(12-10-13)18-14-7-5-4-6-8-14/h4-12H,1-3H3/q-1. The van der Waals surface area contributed by atoms with Crippen molar-refractivity contribution < 1.29 is 25.9 Å². The number of halogens is 1. The first-order valence-corrected chi connectivity index (χ1v) is 8.18. The number of benzene rings is 2. The number of hydrogen-bond donors (Lipinski definition) is 0. The van der Waals surface area contributed by atoms with E-state index < -0.39 is 0 Å². The Morgan fingerprint density at radius 3 is 1.89 bits per heavy atom. The van der Waals surface area contributed by atoms with Gasteiger partial charge in [0.15, 0.2) is 0 Å². The molecule has 0 bridgehead atoms. The maximum absolute atomic E-state index is 5.78. The molecule has 2 rings (SSSR count). The van der Waals surface area contributed by atoms with Crippen molar-refractivity contribution in [2.24, 2.45) is 0 Å². The topological polar surface area (TPSA) is 9.23 Å². The molecule has 0 N–H and O–H groups in total. The van der Waals surface area contributed by atoms with Crippen molar-refractivity contribution in [1.29, 1.82) is 0 Å². The Balaban J connectivity index is 2.04. The van der Waals surface area contributed by atoms with Crippen molar-refractivity contribution >= 4 is 0 Å². The van der Waals surface area contributed by atoms with Crippen LogP contribution in [0.15, 0.2) is 54.6 Å². The molecule has 0 aliphatic carbocycles. The molecule has 0 aliphatic heterocycles. The van der Waals surface area contributed by atoms with Crippen LogP contribution in [-0.2, 0) is 0 Å². The van der Waals surface area contributed by atoms with Crippen LogP contribution < -0.4 is 25.9 Å². The van der Waals surface area contributed by atoms with Gasteiger partial charge in [0.1, 0.15) is 0 Å². The molecule has 0 saturated carbocycles. The minimum absolute atomic E-state index is 0.0547. The average Bonchev–Trinajstić information content (AvgIpc) is 2.31. The van der Waals surface area contributed by atoms with Crippen LogP contribution in [0.1, 0.15) is 20.8 Å². The normalized spacial score (nSPS) is 11.5. The summed E-state index contributed by atoms with van der Waals surface area (Å²) >= 11 is 0.0547. The maximum atomic E-state index is 5.78. The summed E-state index contributed by atoms with van der Waals surface area (Å²) in [5.41, 5.74) is 0. The van der Waals surface area contributed by atoms with Crippen LogP contribution in [0.4, 0.5) is 0 Å². The zero-order valence-electron chi connectivity index (χ0n) is 11.0. The predicted molar refractivity (Wildman–Crippen MR) is 71.4 cm³/mol. The summed E-state index contributed by atoms with van der Waals surface area (Å²) < 4.78 is 7.67. The van der Waals surface area contributed by atoms with Crippen LogP contribution >= 0.6 is 0 Å². The quantitative estimate of drug-likeness (QED) is 0.601. The van der Waals surface area contributed by atoms with Crippen LogP contribution in [0.5, 0.6) is 11.5 Å². The number of rotatable bonds is 3. The number of hydrogen-bond acceptors (Lipinski definition) is 1. The molecule has 18 heavy (non-hydrogen) atoms. The zero-order valence-corrected chi connectivity index (χ0v) is 13.1. The van der Waals surface area contributed by atoms with Gasteiger partial charge in [-0.3, -0.25) is 0 Å². The van der Waals surface area contributed by atoms with Gasteiger partial charge in [0.05, 0.1) is 0 Å². The SMILES string of the molecule is CC(C)(C)[I-]c1ccc(Oc2ccccc2)cc1. The van der Waals surface area contributed by atoms with E-state index >= 15 is 0 Å². The molecule has 2 aromatic carbocycles. The van der Waals surface area contributed by atoms with Crippen molar-refractivity contribution in [2.45, 2.75) is 24.2 Å². The van der Waals surface area contributed by atoms with E-state index in [1.165, 1.54) is 3.57 Å². The molecule has 0 atom stereocenters. The summed E-state index contributed by atoms with van der Waals surface area (Å²) in [5.74, 6) is 1.79. The first-order valence-electron chi connectivity index (χ1n) is 6.02. The van der Waals surface area contributed by atoms with Gasteiger partial charge in [0.2, 0.25) is 0 Å². The molecule has 2 aromatic rings. The fourth-order valence-corrected chi connectivity index (χ4v) is 4.11. The Morgan fingerprint density at radius 2 is 1.33 bits per heavy atom. The molecule has 0 amide bonds. The molecule has 0 aliphatic rings. The number of para-hydroxylation sites is 1. The van der Waals surface area contributed by atoms with Gasteiger partial charge < -0.3 is 0 Å². The second-order valence-electron chi connectivity index (χ2n) is 5.03. The zero-order chi connectivity index (χ0) is 13.0. The third kappa shape index (κ3) is 4.33. The van der Waals surface area contributed by atoms with Gasteiger partial charge in [-0.2, -0.15) is 0 Å². The van der Waals surface area contributed by atoms with Crippen molar-refractivity contribution in [1.82, 2.24) is 0 Å². The summed E-state index contributed by atoms with van der Waals surface area (Å²) in [6.45, 7) is 6.90. The monoisotopic (exact) mass is 353 g/mol. The molecule has 0 radical (unpaired) electrons. The molecule has 0 spiro atoms. The first kappa shape index (κ1) is 13.4. The molecule has 0 saturated heterocycles. The molecule has 1 nitrogen and oxygen atoms in total. The van der Waals surface area contributed by atoms with Gasteiger partial charge in [-0.25, -0.2) is 0 Å². The third-order valence-electron chi connectivity index (χ3n) is 2.19. The van der Waals surface area contributed by atoms with Crippen molar-refractivity contribution in [3.63, 3.8) is 0 Å². The van der Waals surface area contributed by atoms with Crippen LogP contribution in [0.3, 0.4) is 0 Å². The molecular weight excluding hydrogens is 335 g/mol. The van der Waals surface area contributed by atoms with Crippen LogP contribution in [0.2, 0.25) is 0 Å². The number of alkyl halides is 1. The minimum atomic E-state index is 0.0547. The van der Waals surface area contributed by atoms with E-state index in [0.717, 1.165) is 11.5 Å². The molecule has 0 aromatic heterocycles. The summed E-state index contributed by atoms with van der Waals surface area (Å²) in [5, 5.41) is 0. The molecule has 96 valence electrons. The van der Waals surface area contributed by atoms with E-state index in [4.69, 9.17) is 4.74 Å². The van der Waals surface area contributed by atoms with Crippen LogP contribution in [0, 0.1) is 3.57 Å². The van der Waals surface area contributed by atoms with Crippen molar-refractivity contribution in [3.05, 3.63) is 58.2 Å². The summed E-state index contributed by atoms with van der Waals surface area (Å²) in [6, 6.07) is 18.4. The third-order valence-corrected chi connectivity index (χ3v) is 5.15. The van der Waals surface area contributed by atoms with Crippen molar-refractivity contribution in [3.8, 4) is 11.5 Å². The first-order chi connectivity index (χ1) is 8.53. The van der Waals surface area contributed by atoms with E-state index in [0.29, 0.717) is 3.42 Å². The number of ether oxygens (including phenoxy) is 1. The van der Waals surface area contributed by atoms with Gasteiger partial charge in [0, 0.05) is 0 Å². The molecule has 0 unspecified atom stereocenters. The van der Waals surface area contributed by atoms with Gasteiger partial charge >= 0.3 is 120 Å². The Hall–Kier alpha value is -1.03. The predicted octanol–water partition coefficient (Wildman–Crippen LogP) is 1.54. The van der Waals surface area contributed by atoms with Gasteiger partial charge in [-0.05, 0) is 0 Å². The van der Waals surface area contributed by atoms with Gasteiger partial charge in [-0.15, -0.1) is 0 Å². The van der Waals surface area contributed by atoms with Crippen LogP contribution in [0.25, 0.3) is 0 Å². The molecule has 0 fully saturated rings. The second-order valence-corrected chi connectivity index (χ2v) is 10.1. The van der Waals surface area contributed by atoms with E-state index in [-0.39, 0.29) is 21.2 Å². The molecule has 0 heterocycles. The molecular formula is C16H18IO-.